The third-order valence-electron chi connectivity index (χ3n) is 1.94. The van der Waals surface area contributed by atoms with Crippen LogP contribution < -0.4 is 10.2 Å². The number of rotatable bonds is 0. The summed E-state index contributed by atoms with van der Waals surface area (Å²) >= 11 is 0. The van der Waals surface area contributed by atoms with Gasteiger partial charge in [-0.2, -0.15) is 0 Å². The molecule has 1 aromatic heterocycles. The van der Waals surface area contributed by atoms with Crippen molar-refractivity contribution in [3.63, 3.8) is 0 Å². The normalized spacial score (nSPS) is 14.5. The molecule has 1 aliphatic heterocycles. The minimum Gasteiger partial charge on any atom is -0.366 e. The number of hydrogen-bond acceptors (Lipinski definition) is 3. The maximum atomic E-state index is 4.22. The molecule has 1 N–H and O–H groups in total. The molecule has 3 nitrogen and oxygen atoms in total. The molecular formula is C8H11N3. The van der Waals surface area contributed by atoms with Crippen molar-refractivity contribution in [3.05, 3.63) is 18.0 Å². The Hall–Kier alpha value is -1.25. The van der Waals surface area contributed by atoms with Gasteiger partial charge in [-0.15, -0.1) is 0 Å². The number of nitrogens with one attached hydrogen (secondary N) is 1. The van der Waals surface area contributed by atoms with Gasteiger partial charge in [0.1, 0.15) is 0 Å². The van der Waals surface area contributed by atoms with Crippen LogP contribution in [0.2, 0.25) is 0 Å². The third-order valence-corrected chi connectivity index (χ3v) is 1.94. The van der Waals surface area contributed by atoms with Gasteiger partial charge in [0.2, 0.25) is 0 Å². The second-order valence-corrected chi connectivity index (χ2v) is 2.88. The molecule has 0 spiro atoms. The molecule has 1 aliphatic rings. The number of hydrogen-bond donors (Lipinski definition) is 1. The van der Waals surface area contributed by atoms with Crippen LogP contribution in [0, 0.1) is 6.92 Å². The van der Waals surface area contributed by atoms with E-state index in [-0.39, 0.29) is 0 Å². The zero-order valence-electron chi connectivity index (χ0n) is 6.76. The highest BCUT2D eigenvalue weighted by molar-refractivity contribution is 5.73. The maximum Gasteiger partial charge on any atom is 0.0875 e. The van der Waals surface area contributed by atoms with Gasteiger partial charge in [-0.25, -0.2) is 0 Å². The van der Waals surface area contributed by atoms with Crippen molar-refractivity contribution >= 4 is 11.4 Å². The third kappa shape index (κ3) is 0.926. The van der Waals surface area contributed by atoms with Crippen LogP contribution in [0.15, 0.2) is 12.3 Å². The molecule has 0 atom stereocenters. The summed E-state index contributed by atoms with van der Waals surface area (Å²) in [4.78, 5) is 6.36. The zero-order valence-corrected chi connectivity index (χ0v) is 6.76. The lowest BCUT2D eigenvalue weighted by Crippen LogP contribution is -2.15. The Kier molecular flexibility index (Phi) is 1.24. The minimum absolute atomic E-state index is 0.889. The smallest absolute Gasteiger partial charge is 0.0875 e. The quantitative estimate of drug-likeness (QED) is 0.601. The lowest BCUT2D eigenvalue weighted by molar-refractivity contribution is 1.03. The highest BCUT2D eigenvalue weighted by atomic mass is 15.3. The molecule has 0 unspecified atom stereocenters. The molecule has 0 aliphatic carbocycles. The number of nitrogens with zero attached hydrogens (tertiary/aromatic N) is 2. The highest BCUT2D eigenvalue weighted by Crippen LogP contribution is 2.28. The Morgan fingerprint density at radius 3 is 3.27 bits per heavy atom. The van der Waals surface area contributed by atoms with Crippen molar-refractivity contribution in [3.8, 4) is 0 Å². The molecule has 0 aromatic carbocycles. The maximum absolute atomic E-state index is 4.22. The van der Waals surface area contributed by atoms with Gasteiger partial charge in [0.15, 0.2) is 0 Å². The molecular weight excluding hydrogens is 138 g/mol. The van der Waals surface area contributed by atoms with Gasteiger partial charge >= 0.3 is 0 Å². The van der Waals surface area contributed by atoms with Gasteiger partial charge in [0.05, 0.1) is 24.2 Å². The summed E-state index contributed by atoms with van der Waals surface area (Å²) in [7, 11) is 2.05. The number of anilines is 2. The van der Waals surface area contributed by atoms with Gasteiger partial charge in [-0.3, -0.25) is 4.98 Å². The average Bonchev–Trinajstić information content (AvgIpc) is 2.32. The van der Waals surface area contributed by atoms with Gasteiger partial charge in [0, 0.05) is 12.7 Å². The fourth-order valence-corrected chi connectivity index (χ4v) is 1.29. The topological polar surface area (TPSA) is 28.2 Å². The first-order valence-electron chi connectivity index (χ1n) is 3.69. The second kappa shape index (κ2) is 2.12. The Bertz CT molecular complexity index is 283. The van der Waals surface area contributed by atoms with E-state index in [9.17, 15) is 0 Å². The monoisotopic (exact) mass is 149 g/mol. The lowest BCUT2D eigenvalue weighted by Gasteiger charge is -2.08. The van der Waals surface area contributed by atoms with E-state index in [1.54, 1.807) is 0 Å². The summed E-state index contributed by atoms with van der Waals surface area (Å²) in [6.07, 6.45) is 1.91. The van der Waals surface area contributed by atoms with Crippen LogP contribution in [0.5, 0.6) is 0 Å². The molecule has 0 saturated carbocycles. The van der Waals surface area contributed by atoms with E-state index < -0.39 is 0 Å². The summed E-state index contributed by atoms with van der Waals surface area (Å²) in [5, 5.41) is 3.28. The second-order valence-electron chi connectivity index (χ2n) is 2.88. The van der Waals surface area contributed by atoms with Crippen molar-refractivity contribution in [1.29, 1.82) is 0 Å². The SMILES string of the molecule is Cc1cc2c(cn1)N(C)CN2. The summed E-state index contributed by atoms with van der Waals surface area (Å²) in [5.41, 5.74) is 3.45. The first kappa shape index (κ1) is 6.46. The van der Waals surface area contributed by atoms with E-state index in [0.29, 0.717) is 0 Å². The standard InChI is InChI=1S/C8H11N3/c1-6-3-7-8(4-9-6)11(2)5-10-7/h3-4,10H,5H2,1-2H3. The molecule has 0 bridgehead atoms. The van der Waals surface area contributed by atoms with Crippen LogP contribution >= 0.6 is 0 Å². The first-order valence-corrected chi connectivity index (χ1v) is 3.69. The van der Waals surface area contributed by atoms with Crippen molar-refractivity contribution in [1.82, 2.24) is 4.98 Å². The molecule has 0 saturated heterocycles. The summed E-state index contributed by atoms with van der Waals surface area (Å²) < 4.78 is 0. The Balaban J connectivity index is 2.50. The lowest BCUT2D eigenvalue weighted by atomic mass is 10.3. The predicted molar refractivity (Wildman–Crippen MR) is 45.9 cm³/mol. The fourth-order valence-electron chi connectivity index (χ4n) is 1.29. The summed E-state index contributed by atoms with van der Waals surface area (Å²) in [6, 6.07) is 2.07. The van der Waals surface area contributed by atoms with Gasteiger partial charge in [-0.1, -0.05) is 0 Å². The van der Waals surface area contributed by atoms with Crippen molar-refractivity contribution in [2.24, 2.45) is 0 Å². The van der Waals surface area contributed by atoms with Crippen molar-refractivity contribution in [2.45, 2.75) is 6.92 Å². The van der Waals surface area contributed by atoms with E-state index >= 15 is 0 Å². The Morgan fingerprint density at radius 2 is 2.45 bits per heavy atom. The molecule has 0 radical (unpaired) electrons. The van der Waals surface area contributed by atoms with Crippen LogP contribution in [0.25, 0.3) is 0 Å². The highest BCUT2D eigenvalue weighted by Gasteiger charge is 2.14. The van der Waals surface area contributed by atoms with Crippen molar-refractivity contribution < 1.29 is 0 Å². The molecule has 1 aromatic rings. The molecule has 2 rings (SSSR count). The molecule has 0 amide bonds. The average molecular weight is 149 g/mol. The Labute approximate surface area is 66.0 Å². The van der Waals surface area contributed by atoms with Crippen LogP contribution in [0.1, 0.15) is 5.69 Å². The van der Waals surface area contributed by atoms with Gasteiger partial charge in [0.25, 0.3) is 0 Å². The molecule has 3 heteroatoms. The predicted octanol–water partition coefficient (Wildman–Crippen LogP) is 1.21. The van der Waals surface area contributed by atoms with E-state index in [4.69, 9.17) is 0 Å². The molecule has 58 valence electrons. The van der Waals surface area contributed by atoms with E-state index in [1.807, 2.05) is 13.1 Å². The molecule has 11 heavy (non-hydrogen) atoms. The van der Waals surface area contributed by atoms with Crippen LogP contribution in [0.4, 0.5) is 11.4 Å². The van der Waals surface area contributed by atoms with E-state index in [2.05, 4.69) is 28.3 Å². The zero-order chi connectivity index (χ0) is 7.84. The van der Waals surface area contributed by atoms with Crippen molar-refractivity contribution in [2.75, 3.05) is 23.9 Å². The molecule has 2 heterocycles. The molecule has 0 fully saturated rings. The minimum atomic E-state index is 0.889. The van der Waals surface area contributed by atoms with Gasteiger partial charge in [-0.05, 0) is 13.0 Å². The fraction of sp³-hybridized carbons (Fsp3) is 0.375. The largest absolute Gasteiger partial charge is 0.366 e. The first-order chi connectivity index (χ1) is 5.27. The number of pyridine rings is 1. The van der Waals surface area contributed by atoms with Crippen LogP contribution in [0.3, 0.4) is 0 Å². The van der Waals surface area contributed by atoms with E-state index in [0.717, 1.165) is 12.4 Å². The summed E-state index contributed by atoms with van der Waals surface area (Å²) in [6.45, 7) is 2.89. The van der Waals surface area contributed by atoms with E-state index in [1.165, 1.54) is 11.4 Å². The van der Waals surface area contributed by atoms with Gasteiger partial charge < -0.3 is 10.2 Å². The number of aryl methyl sites for hydroxylation is 1. The van der Waals surface area contributed by atoms with Crippen LogP contribution in [-0.2, 0) is 0 Å². The van der Waals surface area contributed by atoms with Crippen LogP contribution in [-0.4, -0.2) is 18.7 Å². The number of fused-ring (bicyclic) bond motifs is 1. The number of aromatic nitrogens is 1. The summed E-state index contributed by atoms with van der Waals surface area (Å²) in [5.74, 6) is 0. The Morgan fingerprint density at radius 1 is 1.64 bits per heavy atom.